The Morgan fingerprint density at radius 1 is 0.818 bits per heavy atom. The second kappa shape index (κ2) is 9.48. The SMILES string of the molecule is Cc1cc(N2CCN(C(=O)c3ccccc3Oc3ccccc3)CC2)nc(N2CCCC2)n1. The lowest BCUT2D eigenvalue weighted by molar-refractivity contribution is 0.0744. The third-order valence-electron chi connectivity index (χ3n) is 6.20. The molecule has 0 atom stereocenters. The summed E-state index contributed by atoms with van der Waals surface area (Å²) in [6.07, 6.45) is 2.39. The second-order valence-corrected chi connectivity index (χ2v) is 8.55. The molecule has 0 N–H and O–H groups in total. The molecule has 3 heterocycles. The number of nitrogens with zero attached hydrogens (tertiary/aromatic N) is 5. The summed E-state index contributed by atoms with van der Waals surface area (Å²) in [6.45, 7) is 6.83. The highest BCUT2D eigenvalue weighted by Gasteiger charge is 2.26. The molecular weight excluding hydrogens is 414 g/mol. The number of hydrogen-bond donors (Lipinski definition) is 0. The third kappa shape index (κ3) is 4.77. The van der Waals surface area contributed by atoms with E-state index in [9.17, 15) is 4.79 Å². The number of ether oxygens (including phenoxy) is 1. The Labute approximate surface area is 194 Å². The van der Waals surface area contributed by atoms with E-state index in [0.29, 0.717) is 24.4 Å². The van der Waals surface area contributed by atoms with Crippen LogP contribution in [0.15, 0.2) is 60.7 Å². The molecule has 1 amide bonds. The highest BCUT2D eigenvalue weighted by atomic mass is 16.5. The monoisotopic (exact) mass is 443 g/mol. The van der Waals surface area contributed by atoms with E-state index in [4.69, 9.17) is 9.72 Å². The van der Waals surface area contributed by atoms with Gasteiger partial charge in [-0.15, -0.1) is 0 Å². The average Bonchev–Trinajstić information content (AvgIpc) is 3.40. The normalized spacial score (nSPS) is 16.2. The van der Waals surface area contributed by atoms with Gasteiger partial charge in [-0.3, -0.25) is 4.79 Å². The van der Waals surface area contributed by atoms with Crippen molar-refractivity contribution >= 4 is 17.7 Å². The molecule has 1 aromatic heterocycles. The molecule has 2 aromatic carbocycles. The number of piperazine rings is 1. The Balaban J connectivity index is 1.27. The first-order valence-electron chi connectivity index (χ1n) is 11.6. The topological polar surface area (TPSA) is 61.8 Å². The molecule has 2 fully saturated rings. The Bertz CT molecular complexity index is 1110. The molecular formula is C26H29N5O2. The lowest BCUT2D eigenvalue weighted by Crippen LogP contribution is -2.49. The van der Waals surface area contributed by atoms with E-state index in [1.54, 1.807) is 0 Å². The molecule has 170 valence electrons. The number of benzene rings is 2. The molecule has 0 bridgehead atoms. The van der Waals surface area contributed by atoms with Crippen LogP contribution in [-0.2, 0) is 0 Å². The predicted molar refractivity (Wildman–Crippen MR) is 129 cm³/mol. The molecule has 0 aliphatic carbocycles. The number of rotatable bonds is 5. The zero-order valence-corrected chi connectivity index (χ0v) is 19.0. The Hall–Kier alpha value is -3.61. The molecule has 7 heteroatoms. The zero-order chi connectivity index (χ0) is 22.6. The second-order valence-electron chi connectivity index (χ2n) is 8.55. The van der Waals surface area contributed by atoms with Crippen LogP contribution in [0.2, 0.25) is 0 Å². The van der Waals surface area contributed by atoms with E-state index in [2.05, 4.69) is 14.8 Å². The summed E-state index contributed by atoms with van der Waals surface area (Å²) in [6, 6.07) is 19.1. The summed E-state index contributed by atoms with van der Waals surface area (Å²) in [4.78, 5) is 29.2. The van der Waals surface area contributed by atoms with E-state index in [0.717, 1.165) is 49.4 Å². The maximum Gasteiger partial charge on any atom is 0.257 e. The van der Waals surface area contributed by atoms with Crippen molar-refractivity contribution in [3.05, 3.63) is 71.9 Å². The first-order valence-corrected chi connectivity index (χ1v) is 11.6. The molecule has 3 aromatic rings. The van der Waals surface area contributed by atoms with Gasteiger partial charge in [-0.05, 0) is 44.0 Å². The fourth-order valence-electron chi connectivity index (χ4n) is 4.41. The van der Waals surface area contributed by atoms with Crippen LogP contribution in [-0.4, -0.2) is 60.0 Å². The van der Waals surface area contributed by atoms with Gasteiger partial charge in [0.2, 0.25) is 5.95 Å². The molecule has 0 spiro atoms. The molecule has 0 saturated carbocycles. The van der Waals surface area contributed by atoms with Crippen LogP contribution < -0.4 is 14.5 Å². The molecule has 2 aliphatic rings. The van der Waals surface area contributed by atoms with Crippen LogP contribution in [0, 0.1) is 6.92 Å². The first kappa shape index (κ1) is 21.2. The lowest BCUT2D eigenvalue weighted by atomic mass is 10.1. The van der Waals surface area contributed by atoms with E-state index in [1.165, 1.54) is 12.8 Å². The summed E-state index contributed by atoms with van der Waals surface area (Å²) in [5.74, 6) is 3.07. The maximum atomic E-state index is 13.3. The summed E-state index contributed by atoms with van der Waals surface area (Å²) in [5.41, 5.74) is 1.57. The number of aryl methyl sites for hydroxylation is 1. The standard InChI is InChI=1S/C26H29N5O2/c1-20-19-24(28-26(27-20)31-13-7-8-14-31)29-15-17-30(18-16-29)25(32)22-11-5-6-12-23(22)33-21-9-3-2-4-10-21/h2-6,9-12,19H,7-8,13-18H2,1H3. The number of hydrogen-bond acceptors (Lipinski definition) is 6. The zero-order valence-electron chi connectivity index (χ0n) is 19.0. The van der Waals surface area contributed by atoms with E-state index in [1.807, 2.05) is 72.5 Å². The Morgan fingerprint density at radius 2 is 1.52 bits per heavy atom. The van der Waals surface area contributed by atoms with Gasteiger partial charge in [0.05, 0.1) is 5.56 Å². The van der Waals surface area contributed by atoms with Gasteiger partial charge in [0.15, 0.2) is 0 Å². The molecule has 5 rings (SSSR count). The van der Waals surface area contributed by atoms with E-state index < -0.39 is 0 Å². The molecule has 7 nitrogen and oxygen atoms in total. The fourth-order valence-corrected chi connectivity index (χ4v) is 4.41. The summed E-state index contributed by atoms with van der Waals surface area (Å²) in [5, 5.41) is 0. The van der Waals surface area contributed by atoms with Crippen molar-refractivity contribution in [3.63, 3.8) is 0 Å². The van der Waals surface area contributed by atoms with Crippen molar-refractivity contribution in [1.82, 2.24) is 14.9 Å². The quantitative estimate of drug-likeness (QED) is 0.591. The highest BCUT2D eigenvalue weighted by molar-refractivity contribution is 5.97. The van der Waals surface area contributed by atoms with Crippen LogP contribution in [0.1, 0.15) is 28.9 Å². The van der Waals surface area contributed by atoms with Gasteiger partial charge in [0.25, 0.3) is 5.91 Å². The van der Waals surface area contributed by atoms with Gasteiger partial charge in [0, 0.05) is 51.0 Å². The van der Waals surface area contributed by atoms with Crippen LogP contribution >= 0.6 is 0 Å². The van der Waals surface area contributed by atoms with E-state index in [-0.39, 0.29) is 5.91 Å². The van der Waals surface area contributed by atoms with Gasteiger partial charge in [-0.1, -0.05) is 30.3 Å². The van der Waals surface area contributed by atoms with Gasteiger partial charge in [0.1, 0.15) is 17.3 Å². The van der Waals surface area contributed by atoms with Crippen LogP contribution in [0.4, 0.5) is 11.8 Å². The van der Waals surface area contributed by atoms with Crippen molar-refractivity contribution < 1.29 is 9.53 Å². The largest absolute Gasteiger partial charge is 0.457 e. The lowest BCUT2D eigenvalue weighted by Gasteiger charge is -2.36. The van der Waals surface area contributed by atoms with Gasteiger partial charge in [-0.2, -0.15) is 4.98 Å². The van der Waals surface area contributed by atoms with Crippen molar-refractivity contribution in [2.24, 2.45) is 0 Å². The third-order valence-corrected chi connectivity index (χ3v) is 6.20. The predicted octanol–water partition coefficient (Wildman–Crippen LogP) is 4.14. The van der Waals surface area contributed by atoms with E-state index >= 15 is 0 Å². The average molecular weight is 444 g/mol. The van der Waals surface area contributed by atoms with Gasteiger partial charge < -0.3 is 19.4 Å². The fraction of sp³-hybridized carbons (Fsp3) is 0.346. The summed E-state index contributed by atoms with van der Waals surface area (Å²) < 4.78 is 6.01. The first-order chi connectivity index (χ1) is 16.2. The molecule has 2 aliphatic heterocycles. The Kier molecular flexibility index (Phi) is 6.11. The minimum Gasteiger partial charge on any atom is -0.457 e. The number of para-hydroxylation sites is 2. The minimum absolute atomic E-state index is 0.00203. The minimum atomic E-state index is -0.00203. The van der Waals surface area contributed by atoms with Gasteiger partial charge >= 0.3 is 0 Å². The highest BCUT2D eigenvalue weighted by Crippen LogP contribution is 2.27. The number of carbonyl (C=O) groups excluding carboxylic acids is 1. The molecule has 33 heavy (non-hydrogen) atoms. The van der Waals surface area contributed by atoms with Crippen molar-refractivity contribution in [1.29, 1.82) is 0 Å². The van der Waals surface area contributed by atoms with Crippen LogP contribution in [0.25, 0.3) is 0 Å². The van der Waals surface area contributed by atoms with Crippen LogP contribution in [0.3, 0.4) is 0 Å². The smallest absolute Gasteiger partial charge is 0.257 e. The number of amides is 1. The Morgan fingerprint density at radius 3 is 2.27 bits per heavy atom. The van der Waals surface area contributed by atoms with Crippen molar-refractivity contribution in [2.75, 3.05) is 49.1 Å². The summed E-state index contributed by atoms with van der Waals surface area (Å²) in [7, 11) is 0. The van der Waals surface area contributed by atoms with Crippen molar-refractivity contribution in [3.8, 4) is 11.5 Å². The maximum absolute atomic E-state index is 13.3. The molecule has 0 unspecified atom stereocenters. The van der Waals surface area contributed by atoms with Crippen LogP contribution in [0.5, 0.6) is 11.5 Å². The summed E-state index contributed by atoms with van der Waals surface area (Å²) >= 11 is 0. The number of anilines is 2. The van der Waals surface area contributed by atoms with Gasteiger partial charge in [-0.25, -0.2) is 4.98 Å². The number of carbonyl (C=O) groups is 1. The molecule has 0 radical (unpaired) electrons. The van der Waals surface area contributed by atoms with Crippen molar-refractivity contribution in [2.45, 2.75) is 19.8 Å². The molecule has 2 saturated heterocycles. The number of aromatic nitrogens is 2.